The van der Waals surface area contributed by atoms with E-state index < -0.39 is 58.2 Å². The van der Waals surface area contributed by atoms with E-state index in [0.717, 1.165) is 16.5 Å². The van der Waals surface area contributed by atoms with Crippen LogP contribution in [0, 0.1) is 34.9 Å². The van der Waals surface area contributed by atoms with Gasteiger partial charge in [0.15, 0.2) is 11.5 Å². The van der Waals surface area contributed by atoms with Crippen LogP contribution in [0.2, 0.25) is 5.02 Å². The molecule has 8 nitrogen and oxygen atoms in total. The number of amides is 4. The second-order valence-corrected chi connectivity index (χ2v) is 14.3. The van der Waals surface area contributed by atoms with E-state index in [4.69, 9.17) is 16.3 Å². The topological polar surface area (TPSA) is 104 Å². The molecule has 6 rings (SSSR count). The average molecular weight is 674 g/mol. The molecule has 226 valence electrons. The number of allylic oxidation sites excluding steroid dienone is 2. The Morgan fingerprint density at radius 3 is 2.40 bits per heavy atom. The molecule has 2 saturated heterocycles. The fourth-order valence-corrected chi connectivity index (χ4v) is 8.48. The molecule has 11 heteroatoms. The molecule has 2 heterocycles. The van der Waals surface area contributed by atoms with Crippen LogP contribution in [0.15, 0.2) is 46.5 Å². The van der Waals surface area contributed by atoms with Crippen molar-refractivity contribution in [2.24, 2.45) is 29.1 Å². The molecule has 0 spiro atoms. The minimum Gasteiger partial charge on any atom is -0.503 e. The number of phenolic OH excluding ortho intramolecular Hbond substituents is 1. The normalized spacial score (nSPS) is 30.3. The van der Waals surface area contributed by atoms with Gasteiger partial charge in [-0.25, -0.2) is 9.29 Å². The zero-order valence-electron chi connectivity index (χ0n) is 24.3. The van der Waals surface area contributed by atoms with Crippen LogP contribution in [0.1, 0.15) is 52.0 Å². The van der Waals surface area contributed by atoms with Gasteiger partial charge in [0.1, 0.15) is 5.82 Å². The molecule has 1 saturated carbocycles. The number of likely N-dealkylation sites (tertiary alicyclic amines) is 1. The number of methoxy groups -OCH3 is 1. The van der Waals surface area contributed by atoms with Crippen molar-refractivity contribution in [3.63, 3.8) is 0 Å². The number of imide groups is 2. The molecule has 1 N–H and O–H groups in total. The highest BCUT2D eigenvalue weighted by atomic mass is 79.9. The third-order valence-corrected chi connectivity index (χ3v) is 10.6. The van der Waals surface area contributed by atoms with Crippen molar-refractivity contribution in [3.05, 3.63) is 62.9 Å². The van der Waals surface area contributed by atoms with Crippen LogP contribution >= 0.6 is 27.5 Å². The maximum Gasteiger partial charge on any atom is 0.241 e. The number of ether oxygens (including phenoxy) is 1. The Bertz CT molecular complexity index is 1650. The Morgan fingerprint density at radius 1 is 1.07 bits per heavy atom. The fourth-order valence-electron chi connectivity index (χ4n) is 7.84. The molecule has 2 aliphatic carbocycles. The molecule has 0 unspecified atom stereocenters. The predicted octanol–water partition coefficient (Wildman–Crippen LogP) is 5.99. The van der Waals surface area contributed by atoms with Crippen LogP contribution in [0.4, 0.5) is 10.1 Å². The van der Waals surface area contributed by atoms with Crippen LogP contribution in [0.25, 0.3) is 0 Å². The summed E-state index contributed by atoms with van der Waals surface area (Å²) in [5.74, 6) is -5.38. The number of carbonyl (C=O) groups is 4. The van der Waals surface area contributed by atoms with Gasteiger partial charge in [-0.1, -0.05) is 23.3 Å². The highest BCUT2D eigenvalue weighted by molar-refractivity contribution is 9.10. The maximum absolute atomic E-state index is 14.5. The van der Waals surface area contributed by atoms with Crippen molar-refractivity contribution in [1.82, 2.24) is 4.90 Å². The summed E-state index contributed by atoms with van der Waals surface area (Å²) < 4.78 is 19.8. The van der Waals surface area contributed by atoms with E-state index in [1.807, 2.05) is 26.8 Å². The number of fused-ring (bicyclic) bond motifs is 4. The monoisotopic (exact) mass is 672 g/mol. The molecule has 0 radical (unpaired) electrons. The SMILES string of the molecule is COc1cc([C@H]2C3=CC[C@@H]4C(=O)N(C(C)(C)C)C(=O)[C@@H]4[C@@H]3C[C@H]3C(=O)N(c4ccc(F)c(Cl)c4)C(=O)[C@@]23C)cc(Br)c1O. The van der Waals surface area contributed by atoms with Gasteiger partial charge in [0.25, 0.3) is 0 Å². The quantitative estimate of drug-likeness (QED) is 0.318. The van der Waals surface area contributed by atoms with Crippen molar-refractivity contribution in [2.45, 2.75) is 52.0 Å². The van der Waals surface area contributed by atoms with Crippen LogP contribution in [-0.2, 0) is 19.2 Å². The van der Waals surface area contributed by atoms with Crippen molar-refractivity contribution in [1.29, 1.82) is 0 Å². The molecule has 2 aromatic carbocycles. The third-order valence-electron chi connectivity index (χ3n) is 9.71. The highest BCUT2D eigenvalue weighted by Gasteiger charge is 2.68. The smallest absolute Gasteiger partial charge is 0.241 e. The first-order valence-corrected chi connectivity index (χ1v) is 15.3. The molecule has 2 aliphatic heterocycles. The Morgan fingerprint density at radius 2 is 1.77 bits per heavy atom. The van der Waals surface area contributed by atoms with Gasteiger partial charge in [0, 0.05) is 11.5 Å². The number of halogens is 3. The molecule has 6 atom stereocenters. The lowest BCUT2D eigenvalue weighted by atomic mass is 9.51. The van der Waals surface area contributed by atoms with Gasteiger partial charge < -0.3 is 9.84 Å². The Balaban J connectivity index is 1.55. The van der Waals surface area contributed by atoms with Gasteiger partial charge in [-0.05, 0) is 98.3 Å². The predicted molar refractivity (Wildman–Crippen MR) is 160 cm³/mol. The lowest BCUT2D eigenvalue weighted by molar-refractivity contribution is -0.145. The second kappa shape index (κ2) is 9.89. The minimum absolute atomic E-state index is 0.119. The zero-order chi connectivity index (χ0) is 31.3. The van der Waals surface area contributed by atoms with Crippen LogP contribution < -0.4 is 9.64 Å². The summed E-state index contributed by atoms with van der Waals surface area (Å²) in [4.78, 5) is 58.6. The molecule has 2 aromatic rings. The first kappa shape index (κ1) is 29.8. The van der Waals surface area contributed by atoms with E-state index in [1.54, 1.807) is 19.1 Å². The van der Waals surface area contributed by atoms with E-state index in [1.165, 1.54) is 24.1 Å². The van der Waals surface area contributed by atoms with Crippen LogP contribution in [0.3, 0.4) is 0 Å². The van der Waals surface area contributed by atoms with Crippen molar-refractivity contribution < 1.29 is 33.4 Å². The number of hydrogen-bond acceptors (Lipinski definition) is 6. The van der Waals surface area contributed by atoms with Crippen molar-refractivity contribution in [3.8, 4) is 11.5 Å². The molecule has 4 aliphatic rings. The van der Waals surface area contributed by atoms with E-state index in [0.29, 0.717) is 16.5 Å². The molecule has 43 heavy (non-hydrogen) atoms. The Labute approximate surface area is 261 Å². The van der Waals surface area contributed by atoms with Gasteiger partial charge >= 0.3 is 0 Å². The van der Waals surface area contributed by atoms with Gasteiger partial charge in [0.2, 0.25) is 23.6 Å². The molecule has 0 aromatic heterocycles. The van der Waals surface area contributed by atoms with Gasteiger partial charge in [-0.15, -0.1) is 0 Å². The molecule has 3 fully saturated rings. The molecule has 4 amide bonds. The van der Waals surface area contributed by atoms with Gasteiger partial charge in [-0.2, -0.15) is 0 Å². The Kier molecular flexibility index (Phi) is 6.86. The number of benzene rings is 2. The van der Waals surface area contributed by atoms with E-state index in [2.05, 4.69) is 15.9 Å². The fraction of sp³-hybridized carbons (Fsp3) is 0.438. The van der Waals surface area contributed by atoms with Gasteiger partial charge in [0.05, 0.1) is 45.5 Å². The number of hydrogen-bond donors (Lipinski definition) is 1. The minimum atomic E-state index is -1.32. The number of carbonyl (C=O) groups excluding carboxylic acids is 4. The first-order valence-electron chi connectivity index (χ1n) is 14.1. The second-order valence-electron chi connectivity index (χ2n) is 13.0. The lowest BCUT2D eigenvalue weighted by Gasteiger charge is -2.49. The highest BCUT2D eigenvalue weighted by Crippen LogP contribution is 2.64. The number of anilines is 1. The summed E-state index contributed by atoms with van der Waals surface area (Å²) in [6, 6.07) is 7.04. The number of phenols is 1. The van der Waals surface area contributed by atoms with E-state index in [9.17, 15) is 28.7 Å². The summed E-state index contributed by atoms with van der Waals surface area (Å²) in [5.41, 5.74) is -0.476. The van der Waals surface area contributed by atoms with Crippen molar-refractivity contribution in [2.75, 3.05) is 12.0 Å². The van der Waals surface area contributed by atoms with Crippen molar-refractivity contribution >= 4 is 56.8 Å². The number of rotatable bonds is 3. The summed E-state index contributed by atoms with van der Waals surface area (Å²) >= 11 is 9.45. The van der Waals surface area contributed by atoms with Gasteiger partial charge in [-0.3, -0.25) is 24.1 Å². The van der Waals surface area contributed by atoms with E-state index >= 15 is 0 Å². The molecular formula is C32H31BrClFN2O6. The Hall–Kier alpha value is -3.24. The van der Waals surface area contributed by atoms with Crippen LogP contribution in [0.5, 0.6) is 11.5 Å². The standard InChI is InChI=1S/C32H31BrClFN2O6/c1-31(2,3)37-27(39)17-8-7-16-18(24(17)29(37)41)13-19-28(40)36(15-6-9-22(35)21(34)12-15)30(42)32(19,4)25(16)14-10-20(33)26(38)23(11-14)43-5/h6-7,9-12,17-19,24-25,38H,8,13H2,1-5H3/t17-,18+,19-,24-,25-,32+/m0/s1. The number of aromatic hydroxyl groups is 1. The largest absolute Gasteiger partial charge is 0.503 e. The summed E-state index contributed by atoms with van der Waals surface area (Å²) in [6.07, 6.45) is 2.46. The average Bonchev–Trinajstić information content (AvgIpc) is 3.31. The molecular weight excluding hydrogens is 643 g/mol. The lowest BCUT2D eigenvalue weighted by Crippen LogP contribution is -2.49. The summed E-state index contributed by atoms with van der Waals surface area (Å²) in [6.45, 7) is 7.20. The summed E-state index contributed by atoms with van der Waals surface area (Å²) in [7, 11) is 1.41. The zero-order valence-corrected chi connectivity index (χ0v) is 26.6. The van der Waals surface area contributed by atoms with E-state index in [-0.39, 0.29) is 40.4 Å². The number of nitrogens with zero attached hydrogens (tertiary/aromatic N) is 2. The van der Waals surface area contributed by atoms with Crippen LogP contribution in [-0.4, -0.2) is 46.3 Å². The first-order chi connectivity index (χ1) is 20.1. The third kappa shape index (κ3) is 4.12. The maximum atomic E-state index is 14.5. The molecule has 0 bridgehead atoms. The summed E-state index contributed by atoms with van der Waals surface area (Å²) in [5, 5.41) is 10.4.